The summed E-state index contributed by atoms with van der Waals surface area (Å²) < 4.78 is 6.69. The molecule has 0 radical (unpaired) electrons. The fourth-order valence-corrected chi connectivity index (χ4v) is 1.77. The van der Waals surface area contributed by atoms with Gasteiger partial charge in [-0.25, -0.2) is 9.50 Å². The third-order valence-electron chi connectivity index (χ3n) is 2.37. The highest BCUT2D eigenvalue weighted by Gasteiger charge is 2.03. The molecular formula is C11H15ClN4O. The summed E-state index contributed by atoms with van der Waals surface area (Å²) in [6, 6.07) is 3.75. The van der Waals surface area contributed by atoms with E-state index in [1.807, 2.05) is 18.3 Å². The Morgan fingerprint density at radius 1 is 1.53 bits per heavy atom. The molecule has 1 N–H and O–H groups in total. The molecule has 0 aromatic carbocycles. The lowest BCUT2D eigenvalue weighted by Crippen LogP contribution is -2.14. The van der Waals surface area contributed by atoms with E-state index in [4.69, 9.17) is 16.3 Å². The maximum atomic E-state index is 6.03. The lowest BCUT2D eigenvalue weighted by Gasteiger charge is -2.09. The normalized spacial score (nSPS) is 12.8. The zero-order valence-corrected chi connectivity index (χ0v) is 10.4. The van der Waals surface area contributed by atoms with E-state index in [0.717, 1.165) is 24.4 Å². The molecule has 2 heterocycles. The van der Waals surface area contributed by atoms with Crippen molar-refractivity contribution in [2.24, 2.45) is 0 Å². The van der Waals surface area contributed by atoms with Crippen molar-refractivity contribution in [1.82, 2.24) is 14.6 Å². The van der Waals surface area contributed by atoms with Crippen LogP contribution >= 0.6 is 11.6 Å². The Labute approximate surface area is 105 Å². The maximum Gasteiger partial charge on any atom is 0.157 e. The van der Waals surface area contributed by atoms with Crippen LogP contribution in [0.3, 0.4) is 0 Å². The molecule has 0 saturated heterocycles. The molecule has 0 bridgehead atoms. The lowest BCUT2D eigenvalue weighted by atomic mass is 10.3. The number of rotatable bonds is 6. The van der Waals surface area contributed by atoms with Crippen LogP contribution in [0, 0.1) is 0 Å². The molecule has 0 fully saturated rings. The van der Waals surface area contributed by atoms with E-state index in [1.54, 1.807) is 17.8 Å². The molecule has 0 aliphatic heterocycles. The van der Waals surface area contributed by atoms with Crippen LogP contribution in [0.4, 0.5) is 5.82 Å². The average Bonchev–Trinajstić information content (AvgIpc) is 2.76. The van der Waals surface area contributed by atoms with Crippen molar-refractivity contribution >= 4 is 23.1 Å². The van der Waals surface area contributed by atoms with Crippen LogP contribution in [0.15, 0.2) is 24.5 Å². The van der Waals surface area contributed by atoms with Gasteiger partial charge in [-0.3, -0.25) is 0 Å². The van der Waals surface area contributed by atoms with Crippen LogP contribution in [0.25, 0.3) is 5.65 Å². The van der Waals surface area contributed by atoms with E-state index in [0.29, 0.717) is 6.61 Å². The van der Waals surface area contributed by atoms with Gasteiger partial charge in [0.1, 0.15) is 5.82 Å². The van der Waals surface area contributed by atoms with E-state index < -0.39 is 0 Å². The van der Waals surface area contributed by atoms with Crippen molar-refractivity contribution in [1.29, 1.82) is 0 Å². The number of halogens is 1. The van der Waals surface area contributed by atoms with Crippen LogP contribution in [0.2, 0.25) is 0 Å². The number of aromatic nitrogens is 3. The Bertz CT molecular complexity index is 473. The number of alkyl halides is 1. The van der Waals surface area contributed by atoms with Gasteiger partial charge in [-0.2, -0.15) is 5.10 Å². The zero-order valence-electron chi connectivity index (χ0n) is 9.64. The van der Waals surface area contributed by atoms with E-state index in [9.17, 15) is 0 Å². The van der Waals surface area contributed by atoms with Gasteiger partial charge in [-0.05, 0) is 12.5 Å². The van der Waals surface area contributed by atoms with Crippen molar-refractivity contribution in [3.8, 4) is 0 Å². The predicted octanol–water partition coefficient (Wildman–Crippen LogP) is 1.79. The molecule has 1 atom stereocenters. The first-order chi connectivity index (χ1) is 8.29. The summed E-state index contributed by atoms with van der Waals surface area (Å²) in [6.07, 6.45) is 4.43. The smallest absolute Gasteiger partial charge is 0.157 e. The third kappa shape index (κ3) is 3.31. The zero-order chi connectivity index (χ0) is 12.1. The topological polar surface area (TPSA) is 51.5 Å². The Balaban J connectivity index is 1.86. The molecule has 5 nitrogen and oxygen atoms in total. The van der Waals surface area contributed by atoms with Crippen LogP contribution < -0.4 is 5.32 Å². The number of hydrogen-bond donors (Lipinski definition) is 1. The monoisotopic (exact) mass is 254 g/mol. The van der Waals surface area contributed by atoms with Gasteiger partial charge < -0.3 is 10.1 Å². The largest absolute Gasteiger partial charge is 0.383 e. The summed E-state index contributed by atoms with van der Waals surface area (Å²) in [6.45, 7) is 1.34. The van der Waals surface area contributed by atoms with Gasteiger partial charge >= 0.3 is 0 Å². The van der Waals surface area contributed by atoms with E-state index >= 15 is 0 Å². The summed E-state index contributed by atoms with van der Waals surface area (Å²) in [7, 11) is 1.65. The molecule has 6 heteroatoms. The molecule has 0 spiro atoms. The van der Waals surface area contributed by atoms with Crippen molar-refractivity contribution in [3.05, 3.63) is 24.5 Å². The second-order valence-electron chi connectivity index (χ2n) is 3.71. The molecule has 2 aromatic rings. The van der Waals surface area contributed by atoms with Gasteiger partial charge in [-0.1, -0.05) is 0 Å². The van der Waals surface area contributed by atoms with Gasteiger partial charge in [0.05, 0.1) is 18.2 Å². The van der Waals surface area contributed by atoms with Gasteiger partial charge in [0.25, 0.3) is 0 Å². The molecule has 0 saturated carbocycles. The number of ether oxygens (including phenoxy) is 1. The Morgan fingerprint density at radius 2 is 2.41 bits per heavy atom. The number of methoxy groups -OCH3 is 1. The molecular weight excluding hydrogens is 240 g/mol. The highest BCUT2D eigenvalue weighted by atomic mass is 35.5. The molecule has 1 unspecified atom stereocenters. The Kier molecular flexibility index (Phi) is 4.17. The van der Waals surface area contributed by atoms with Crippen LogP contribution in [-0.4, -0.2) is 40.2 Å². The number of nitrogens with one attached hydrogen (secondary N) is 1. The van der Waals surface area contributed by atoms with Crippen molar-refractivity contribution < 1.29 is 4.74 Å². The fourth-order valence-electron chi connectivity index (χ4n) is 1.53. The second-order valence-corrected chi connectivity index (χ2v) is 4.33. The van der Waals surface area contributed by atoms with E-state index in [1.165, 1.54) is 0 Å². The Hall–Kier alpha value is -1.33. The van der Waals surface area contributed by atoms with Gasteiger partial charge in [0.2, 0.25) is 0 Å². The fraction of sp³-hybridized carbons (Fsp3) is 0.455. The average molecular weight is 255 g/mol. The minimum absolute atomic E-state index is 0.0335. The third-order valence-corrected chi connectivity index (χ3v) is 2.71. The molecule has 0 aliphatic rings. The van der Waals surface area contributed by atoms with Crippen LogP contribution in [0.5, 0.6) is 0 Å². The number of hydrogen-bond acceptors (Lipinski definition) is 4. The first-order valence-electron chi connectivity index (χ1n) is 5.47. The number of nitrogens with zero attached hydrogens (tertiary/aromatic N) is 3. The molecule has 2 aromatic heterocycles. The van der Waals surface area contributed by atoms with Crippen molar-refractivity contribution in [2.75, 3.05) is 25.6 Å². The molecule has 0 amide bonds. The first-order valence-corrected chi connectivity index (χ1v) is 5.90. The summed E-state index contributed by atoms with van der Waals surface area (Å²) in [5.74, 6) is 0.833. The number of anilines is 1. The van der Waals surface area contributed by atoms with Crippen LogP contribution in [-0.2, 0) is 4.74 Å². The van der Waals surface area contributed by atoms with Crippen molar-refractivity contribution in [3.63, 3.8) is 0 Å². The quantitative estimate of drug-likeness (QED) is 0.799. The van der Waals surface area contributed by atoms with E-state index in [-0.39, 0.29) is 5.38 Å². The van der Waals surface area contributed by atoms with Gasteiger partial charge in [0, 0.05) is 25.9 Å². The minimum Gasteiger partial charge on any atom is -0.383 e. The summed E-state index contributed by atoms with van der Waals surface area (Å²) >= 11 is 6.03. The van der Waals surface area contributed by atoms with E-state index in [2.05, 4.69) is 15.4 Å². The molecule has 2 rings (SSSR count). The van der Waals surface area contributed by atoms with Crippen LogP contribution in [0.1, 0.15) is 6.42 Å². The Morgan fingerprint density at radius 3 is 3.24 bits per heavy atom. The standard InChI is InChI=1S/C11H15ClN4O/c1-17-8-9(12)2-5-13-10-4-7-16-11(15-10)3-6-14-16/h3-4,6-7,9H,2,5,8H2,1H3,(H,13,15). The maximum absolute atomic E-state index is 6.03. The number of fused-ring (bicyclic) bond motifs is 1. The SMILES string of the molecule is COCC(Cl)CCNc1ccn2nccc2n1. The second kappa shape index (κ2) is 5.84. The predicted molar refractivity (Wildman–Crippen MR) is 67.6 cm³/mol. The highest BCUT2D eigenvalue weighted by molar-refractivity contribution is 6.20. The lowest BCUT2D eigenvalue weighted by molar-refractivity contribution is 0.196. The van der Waals surface area contributed by atoms with Gasteiger partial charge in [-0.15, -0.1) is 11.6 Å². The summed E-state index contributed by atoms with van der Waals surface area (Å²) in [5.41, 5.74) is 0.828. The van der Waals surface area contributed by atoms with Crippen molar-refractivity contribution in [2.45, 2.75) is 11.8 Å². The first kappa shape index (κ1) is 12.1. The summed E-state index contributed by atoms with van der Waals surface area (Å²) in [4.78, 5) is 4.39. The minimum atomic E-state index is 0.0335. The molecule has 0 aliphatic carbocycles. The summed E-state index contributed by atoms with van der Waals surface area (Å²) in [5, 5.41) is 7.34. The van der Waals surface area contributed by atoms with Gasteiger partial charge in [0.15, 0.2) is 5.65 Å². The highest BCUT2D eigenvalue weighted by Crippen LogP contribution is 2.07. The molecule has 92 valence electrons. The molecule has 17 heavy (non-hydrogen) atoms.